The highest BCUT2D eigenvalue weighted by Gasteiger charge is 2.31. The van der Waals surface area contributed by atoms with Crippen LogP contribution in [0.15, 0.2) is 30.3 Å². The van der Waals surface area contributed by atoms with Gasteiger partial charge in [0.1, 0.15) is 0 Å². The molecule has 7 heteroatoms. The van der Waals surface area contributed by atoms with Crippen molar-refractivity contribution in [2.24, 2.45) is 17.6 Å². The molecule has 2 aliphatic heterocycles. The summed E-state index contributed by atoms with van der Waals surface area (Å²) in [6.07, 6.45) is 2.95. The van der Waals surface area contributed by atoms with Crippen molar-refractivity contribution >= 4 is 30.7 Å². The predicted octanol–water partition coefficient (Wildman–Crippen LogP) is 2.56. The minimum atomic E-state index is -0.379. The molecule has 27 heavy (non-hydrogen) atoms. The molecular weight excluding hydrogens is 385 g/mol. The van der Waals surface area contributed by atoms with Crippen molar-refractivity contribution in [2.75, 3.05) is 39.9 Å². The highest BCUT2D eigenvalue weighted by atomic mass is 35.5. The summed E-state index contributed by atoms with van der Waals surface area (Å²) in [5, 5.41) is 0. The largest absolute Gasteiger partial charge is 0.381 e. The minimum absolute atomic E-state index is 0. The second-order valence-electron chi connectivity index (χ2n) is 7.57. The van der Waals surface area contributed by atoms with Crippen molar-refractivity contribution in [1.29, 1.82) is 0 Å². The summed E-state index contributed by atoms with van der Waals surface area (Å²) in [6.45, 7) is 5.42. The summed E-state index contributed by atoms with van der Waals surface area (Å²) >= 11 is 0. The average Bonchev–Trinajstić information content (AvgIpc) is 3.08. The summed E-state index contributed by atoms with van der Waals surface area (Å²) in [4.78, 5) is 17.0. The van der Waals surface area contributed by atoms with Crippen molar-refractivity contribution in [3.8, 4) is 0 Å². The zero-order valence-electron chi connectivity index (χ0n) is 16.1. The first kappa shape index (κ1) is 24.2. The molecule has 2 fully saturated rings. The van der Waals surface area contributed by atoms with Crippen LogP contribution in [0.2, 0.25) is 0 Å². The van der Waals surface area contributed by atoms with Gasteiger partial charge in [0, 0.05) is 39.9 Å². The van der Waals surface area contributed by atoms with Crippen LogP contribution in [0, 0.1) is 11.8 Å². The molecule has 1 aromatic carbocycles. The summed E-state index contributed by atoms with van der Waals surface area (Å²) in [7, 11) is 1.90. The molecule has 154 valence electrons. The first-order valence-corrected chi connectivity index (χ1v) is 9.48. The van der Waals surface area contributed by atoms with Gasteiger partial charge in [0.05, 0.1) is 6.04 Å². The maximum absolute atomic E-state index is 12.6. The summed E-state index contributed by atoms with van der Waals surface area (Å²) in [6, 6.07) is 10.2. The van der Waals surface area contributed by atoms with Gasteiger partial charge in [-0.15, -0.1) is 24.8 Å². The van der Waals surface area contributed by atoms with Gasteiger partial charge >= 0.3 is 0 Å². The first-order chi connectivity index (χ1) is 12.1. The molecule has 2 saturated heterocycles. The van der Waals surface area contributed by atoms with Gasteiger partial charge in [-0.2, -0.15) is 0 Å². The molecule has 0 saturated carbocycles. The Kier molecular flexibility index (Phi) is 10.6. The van der Waals surface area contributed by atoms with Crippen LogP contribution in [0.1, 0.15) is 24.8 Å². The highest BCUT2D eigenvalue weighted by Crippen LogP contribution is 2.22. The molecule has 1 amide bonds. The molecule has 2 N–H and O–H groups in total. The van der Waals surface area contributed by atoms with E-state index in [0.717, 1.165) is 58.7 Å². The summed E-state index contributed by atoms with van der Waals surface area (Å²) in [5.74, 6) is 0.898. The Labute approximate surface area is 175 Å². The van der Waals surface area contributed by atoms with E-state index in [2.05, 4.69) is 35.2 Å². The molecule has 2 aliphatic rings. The number of nitrogens with zero attached hydrogens (tertiary/aromatic N) is 2. The monoisotopic (exact) mass is 417 g/mol. The fourth-order valence-electron chi connectivity index (χ4n) is 4.06. The Balaban J connectivity index is 0.00000182. The van der Waals surface area contributed by atoms with E-state index in [9.17, 15) is 4.79 Å². The number of benzene rings is 1. The van der Waals surface area contributed by atoms with Crippen molar-refractivity contribution in [2.45, 2.75) is 31.8 Å². The number of nitrogens with two attached hydrogens (primary N) is 1. The Morgan fingerprint density at radius 2 is 1.89 bits per heavy atom. The van der Waals surface area contributed by atoms with E-state index in [1.54, 1.807) is 0 Å². The lowest BCUT2D eigenvalue weighted by Crippen LogP contribution is -2.48. The lowest BCUT2D eigenvalue weighted by molar-refractivity contribution is -0.133. The second-order valence-corrected chi connectivity index (χ2v) is 7.57. The van der Waals surface area contributed by atoms with Crippen LogP contribution in [0.5, 0.6) is 0 Å². The van der Waals surface area contributed by atoms with E-state index in [4.69, 9.17) is 10.5 Å². The van der Waals surface area contributed by atoms with Crippen molar-refractivity contribution in [1.82, 2.24) is 9.80 Å². The molecule has 0 bridgehead atoms. The summed E-state index contributed by atoms with van der Waals surface area (Å²) < 4.78 is 5.37. The predicted molar refractivity (Wildman–Crippen MR) is 113 cm³/mol. The van der Waals surface area contributed by atoms with E-state index in [-0.39, 0.29) is 42.7 Å². The van der Waals surface area contributed by atoms with Crippen LogP contribution in [0.25, 0.3) is 0 Å². The van der Waals surface area contributed by atoms with Crippen molar-refractivity contribution in [3.05, 3.63) is 35.9 Å². The Morgan fingerprint density at radius 3 is 2.56 bits per heavy atom. The standard InChI is InChI=1S/C20H31N3O2.2ClH/c1-22(20(24)19(21)18-8-11-25-12-9-18)13-17-7-10-23(15-17)14-16-5-3-2-4-6-16;;/h2-6,17-19H,7-15,21H2,1H3;2*1H. The van der Waals surface area contributed by atoms with Gasteiger partial charge in [-0.1, -0.05) is 30.3 Å². The number of hydrogen-bond donors (Lipinski definition) is 1. The number of likely N-dealkylation sites (tertiary alicyclic amines) is 1. The van der Waals surface area contributed by atoms with Gasteiger partial charge in [0.15, 0.2) is 0 Å². The molecule has 0 spiro atoms. The third-order valence-corrected chi connectivity index (χ3v) is 5.59. The fraction of sp³-hybridized carbons (Fsp3) is 0.650. The molecule has 2 atom stereocenters. The molecular formula is C20H33Cl2N3O2. The summed E-state index contributed by atoms with van der Waals surface area (Å²) in [5.41, 5.74) is 7.60. The number of carbonyl (C=O) groups is 1. The van der Waals surface area contributed by atoms with E-state index < -0.39 is 0 Å². The van der Waals surface area contributed by atoms with Gasteiger partial charge < -0.3 is 15.4 Å². The van der Waals surface area contributed by atoms with Crippen LogP contribution >= 0.6 is 24.8 Å². The number of carbonyl (C=O) groups excluding carboxylic acids is 1. The van der Waals surface area contributed by atoms with Gasteiger partial charge in [-0.05, 0) is 43.2 Å². The lowest BCUT2D eigenvalue weighted by Gasteiger charge is -2.30. The average molecular weight is 418 g/mol. The van der Waals surface area contributed by atoms with Crippen molar-refractivity contribution < 1.29 is 9.53 Å². The van der Waals surface area contributed by atoms with E-state index in [0.29, 0.717) is 5.92 Å². The minimum Gasteiger partial charge on any atom is -0.381 e. The number of ether oxygens (including phenoxy) is 1. The lowest BCUT2D eigenvalue weighted by atomic mass is 9.91. The molecule has 3 rings (SSSR count). The number of rotatable bonds is 6. The normalized spacial score (nSPS) is 21.8. The second kappa shape index (κ2) is 11.9. The molecule has 2 unspecified atom stereocenters. The van der Waals surface area contributed by atoms with Crippen LogP contribution in [-0.4, -0.2) is 61.6 Å². The molecule has 0 aromatic heterocycles. The third kappa shape index (κ3) is 6.91. The zero-order valence-corrected chi connectivity index (χ0v) is 17.7. The first-order valence-electron chi connectivity index (χ1n) is 9.48. The maximum Gasteiger partial charge on any atom is 0.239 e. The van der Waals surface area contributed by atoms with E-state index in [1.165, 1.54) is 5.56 Å². The third-order valence-electron chi connectivity index (χ3n) is 5.59. The Bertz CT molecular complexity index is 555. The van der Waals surface area contributed by atoms with E-state index in [1.807, 2.05) is 11.9 Å². The quantitative estimate of drug-likeness (QED) is 0.772. The smallest absolute Gasteiger partial charge is 0.239 e. The Morgan fingerprint density at radius 1 is 1.22 bits per heavy atom. The zero-order chi connectivity index (χ0) is 17.6. The van der Waals surface area contributed by atoms with Gasteiger partial charge in [0.25, 0.3) is 0 Å². The number of halogens is 2. The van der Waals surface area contributed by atoms with Gasteiger partial charge in [-0.25, -0.2) is 0 Å². The maximum atomic E-state index is 12.6. The SMILES string of the molecule is CN(CC1CCN(Cc2ccccc2)C1)C(=O)C(N)C1CCOCC1.Cl.Cl. The molecule has 1 aromatic rings. The van der Waals surface area contributed by atoms with Crippen LogP contribution in [-0.2, 0) is 16.1 Å². The number of amides is 1. The molecule has 2 heterocycles. The molecule has 0 aliphatic carbocycles. The van der Waals surface area contributed by atoms with Crippen LogP contribution in [0.3, 0.4) is 0 Å². The number of likely N-dealkylation sites (N-methyl/N-ethyl adjacent to an activating group) is 1. The fourth-order valence-corrected chi connectivity index (χ4v) is 4.06. The van der Waals surface area contributed by atoms with Crippen molar-refractivity contribution in [3.63, 3.8) is 0 Å². The number of hydrogen-bond acceptors (Lipinski definition) is 4. The van der Waals surface area contributed by atoms with E-state index >= 15 is 0 Å². The van der Waals surface area contributed by atoms with Gasteiger partial charge in [0.2, 0.25) is 5.91 Å². The Hall–Kier alpha value is -0.850. The highest BCUT2D eigenvalue weighted by molar-refractivity contribution is 5.85. The van der Waals surface area contributed by atoms with Crippen LogP contribution in [0.4, 0.5) is 0 Å². The van der Waals surface area contributed by atoms with Crippen LogP contribution < -0.4 is 5.73 Å². The van der Waals surface area contributed by atoms with Gasteiger partial charge in [-0.3, -0.25) is 9.69 Å². The molecule has 5 nitrogen and oxygen atoms in total. The topological polar surface area (TPSA) is 58.8 Å². The molecule has 0 radical (unpaired) electrons.